The molecule has 2 heterocycles. The number of methoxy groups -OCH3 is 1. The molecule has 0 spiro atoms. The monoisotopic (exact) mass is 308 g/mol. The van der Waals surface area contributed by atoms with E-state index in [1.807, 2.05) is 0 Å². The first-order valence-corrected chi connectivity index (χ1v) is 7.92. The molecule has 7 heteroatoms. The van der Waals surface area contributed by atoms with Crippen molar-refractivity contribution in [2.45, 2.75) is 31.5 Å². The van der Waals surface area contributed by atoms with Gasteiger partial charge in [0.05, 0.1) is 25.9 Å². The van der Waals surface area contributed by atoms with E-state index in [1.54, 1.807) is 24.1 Å². The van der Waals surface area contributed by atoms with Crippen molar-refractivity contribution in [1.82, 2.24) is 20.0 Å². The van der Waals surface area contributed by atoms with Crippen molar-refractivity contribution in [3.05, 3.63) is 18.0 Å². The van der Waals surface area contributed by atoms with Crippen LogP contribution in [0.4, 0.5) is 0 Å². The van der Waals surface area contributed by atoms with Crippen molar-refractivity contribution in [3.8, 4) is 0 Å². The number of morpholine rings is 1. The molecule has 1 aromatic heterocycles. The second kappa shape index (κ2) is 7.21. The molecular weight excluding hydrogens is 284 g/mol. The van der Waals surface area contributed by atoms with Gasteiger partial charge in [0.2, 0.25) is 0 Å². The molecule has 1 saturated heterocycles. The summed E-state index contributed by atoms with van der Waals surface area (Å²) in [4.78, 5) is 14.6. The zero-order valence-corrected chi connectivity index (χ0v) is 13.0. The van der Waals surface area contributed by atoms with Crippen LogP contribution in [0.25, 0.3) is 0 Å². The third-order valence-corrected chi connectivity index (χ3v) is 4.12. The minimum absolute atomic E-state index is 0.0777. The summed E-state index contributed by atoms with van der Waals surface area (Å²) in [5.41, 5.74) is 0.436. The Hall–Kier alpha value is -1.44. The number of hydrogen-bond acceptors (Lipinski definition) is 5. The van der Waals surface area contributed by atoms with Gasteiger partial charge in [-0.05, 0) is 18.9 Å². The Balaban J connectivity index is 1.44. The van der Waals surface area contributed by atoms with Crippen molar-refractivity contribution < 1.29 is 14.3 Å². The van der Waals surface area contributed by atoms with Crippen LogP contribution >= 0.6 is 0 Å². The fourth-order valence-corrected chi connectivity index (χ4v) is 2.73. The summed E-state index contributed by atoms with van der Waals surface area (Å²) >= 11 is 0. The maximum absolute atomic E-state index is 12.1. The molecule has 2 fully saturated rings. The Morgan fingerprint density at radius 3 is 3.18 bits per heavy atom. The van der Waals surface area contributed by atoms with E-state index in [0.717, 1.165) is 25.7 Å². The molecule has 1 aliphatic carbocycles. The minimum atomic E-state index is -0.150. The van der Waals surface area contributed by atoms with Gasteiger partial charge in [0.1, 0.15) is 5.69 Å². The van der Waals surface area contributed by atoms with Gasteiger partial charge in [-0.25, -0.2) is 0 Å². The Kier molecular flexibility index (Phi) is 5.07. The predicted octanol–water partition coefficient (Wildman–Crippen LogP) is 0.123. The molecule has 3 rings (SSSR count). The highest BCUT2D eigenvalue weighted by atomic mass is 16.5. The first-order valence-electron chi connectivity index (χ1n) is 7.92. The van der Waals surface area contributed by atoms with Gasteiger partial charge in [0, 0.05) is 39.0 Å². The molecule has 0 radical (unpaired) electrons. The quantitative estimate of drug-likeness (QED) is 0.775. The number of carbonyl (C=O) groups excluding carboxylic acids is 1. The molecule has 22 heavy (non-hydrogen) atoms. The molecule has 1 atom stereocenters. The average Bonchev–Trinajstić information content (AvgIpc) is 3.29. The average molecular weight is 308 g/mol. The van der Waals surface area contributed by atoms with Crippen molar-refractivity contribution in [1.29, 1.82) is 0 Å². The molecule has 1 unspecified atom stereocenters. The molecule has 1 aliphatic heterocycles. The van der Waals surface area contributed by atoms with Crippen LogP contribution in [0.5, 0.6) is 0 Å². The van der Waals surface area contributed by atoms with Crippen molar-refractivity contribution in [2.75, 3.05) is 40.0 Å². The summed E-state index contributed by atoms with van der Waals surface area (Å²) in [5, 5.41) is 7.16. The minimum Gasteiger partial charge on any atom is -0.383 e. The summed E-state index contributed by atoms with van der Waals surface area (Å²) < 4.78 is 12.4. The van der Waals surface area contributed by atoms with Crippen LogP contribution in [-0.4, -0.2) is 72.7 Å². The van der Waals surface area contributed by atoms with E-state index in [0.29, 0.717) is 25.4 Å². The molecule has 1 aromatic rings. The van der Waals surface area contributed by atoms with Gasteiger partial charge in [0.15, 0.2) is 0 Å². The number of carbonyl (C=O) groups is 1. The smallest absolute Gasteiger partial charge is 0.271 e. The normalized spacial score (nSPS) is 22.7. The number of hydrogen-bond donors (Lipinski definition) is 1. The number of rotatable bonds is 7. The molecule has 1 saturated carbocycles. The number of nitrogens with one attached hydrogen (secondary N) is 1. The van der Waals surface area contributed by atoms with Crippen LogP contribution in [0.15, 0.2) is 12.3 Å². The highest BCUT2D eigenvalue weighted by Crippen LogP contribution is 2.28. The topological polar surface area (TPSA) is 68.6 Å². The Bertz CT molecular complexity index is 501. The van der Waals surface area contributed by atoms with Gasteiger partial charge < -0.3 is 14.8 Å². The molecule has 0 aromatic carbocycles. The van der Waals surface area contributed by atoms with Gasteiger partial charge in [-0.2, -0.15) is 5.10 Å². The van der Waals surface area contributed by atoms with E-state index < -0.39 is 0 Å². The fraction of sp³-hybridized carbons (Fsp3) is 0.733. The summed E-state index contributed by atoms with van der Waals surface area (Å²) in [7, 11) is 1.65. The summed E-state index contributed by atoms with van der Waals surface area (Å²) in [5.74, 6) is -0.150. The lowest BCUT2D eigenvalue weighted by molar-refractivity contribution is -0.0293. The first-order chi connectivity index (χ1) is 10.8. The van der Waals surface area contributed by atoms with E-state index in [1.165, 1.54) is 12.8 Å². The number of amides is 1. The maximum atomic E-state index is 12.1. The summed E-state index contributed by atoms with van der Waals surface area (Å²) in [6.45, 7) is 4.43. The third kappa shape index (κ3) is 4.06. The lowest BCUT2D eigenvalue weighted by Crippen LogP contribution is -2.48. The zero-order chi connectivity index (χ0) is 15.4. The lowest BCUT2D eigenvalue weighted by Gasteiger charge is -2.32. The Labute approximate surface area is 130 Å². The zero-order valence-electron chi connectivity index (χ0n) is 13.0. The third-order valence-electron chi connectivity index (χ3n) is 4.12. The van der Waals surface area contributed by atoms with Gasteiger partial charge in [-0.3, -0.25) is 14.4 Å². The van der Waals surface area contributed by atoms with Crippen molar-refractivity contribution in [3.63, 3.8) is 0 Å². The van der Waals surface area contributed by atoms with Gasteiger partial charge in [-0.1, -0.05) is 0 Å². The van der Waals surface area contributed by atoms with E-state index in [9.17, 15) is 4.79 Å². The molecule has 7 nitrogen and oxygen atoms in total. The van der Waals surface area contributed by atoms with Gasteiger partial charge in [-0.15, -0.1) is 0 Å². The van der Waals surface area contributed by atoms with Crippen molar-refractivity contribution in [2.24, 2.45) is 0 Å². The van der Waals surface area contributed by atoms with Crippen LogP contribution in [0.3, 0.4) is 0 Å². The Morgan fingerprint density at radius 1 is 1.55 bits per heavy atom. The lowest BCUT2D eigenvalue weighted by atomic mass is 10.2. The van der Waals surface area contributed by atoms with Crippen LogP contribution in [0.1, 0.15) is 23.3 Å². The highest BCUT2D eigenvalue weighted by Gasteiger charge is 2.33. The van der Waals surface area contributed by atoms with E-state index in [4.69, 9.17) is 9.47 Å². The maximum Gasteiger partial charge on any atom is 0.271 e. The predicted molar refractivity (Wildman–Crippen MR) is 80.8 cm³/mol. The molecule has 2 aliphatic rings. The Morgan fingerprint density at radius 2 is 2.41 bits per heavy atom. The second-order valence-corrected chi connectivity index (χ2v) is 5.89. The summed E-state index contributed by atoms with van der Waals surface area (Å²) in [6, 6.07) is 2.47. The molecule has 1 amide bonds. The van der Waals surface area contributed by atoms with Crippen LogP contribution in [-0.2, 0) is 16.0 Å². The largest absolute Gasteiger partial charge is 0.383 e. The standard InChI is InChI=1S/C15H24N4O3/c1-21-8-7-19-5-4-14(17-19)15(20)16-10-13-11-18(6-9-22-13)12-2-3-12/h4-5,12-13H,2-3,6-11H2,1H3,(H,16,20). The first kappa shape index (κ1) is 15.5. The molecule has 122 valence electrons. The number of nitrogens with zero attached hydrogens (tertiary/aromatic N) is 3. The molecule has 0 bridgehead atoms. The molecular formula is C15H24N4O3. The summed E-state index contributed by atoms with van der Waals surface area (Å²) in [6.07, 6.45) is 4.48. The van der Waals surface area contributed by atoms with Crippen LogP contribution < -0.4 is 5.32 Å². The van der Waals surface area contributed by atoms with E-state index in [2.05, 4.69) is 15.3 Å². The SMILES string of the molecule is COCCn1ccc(C(=O)NCC2CN(C3CC3)CCO2)n1. The van der Waals surface area contributed by atoms with Crippen LogP contribution in [0.2, 0.25) is 0 Å². The molecule has 1 N–H and O–H groups in total. The van der Waals surface area contributed by atoms with Crippen molar-refractivity contribution >= 4 is 5.91 Å². The fourth-order valence-electron chi connectivity index (χ4n) is 2.73. The van der Waals surface area contributed by atoms with Gasteiger partial charge in [0.25, 0.3) is 5.91 Å². The van der Waals surface area contributed by atoms with E-state index >= 15 is 0 Å². The van der Waals surface area contributed by atoms with E-state index in [-0.39, 0.29) is 12.0 Å². The number of ether oxygens (including phenoxy) is 2. The van der Waals surface area contributed by atoms with Crippen LogP contribution in [0, 0.1) is 0 Å². The number of aromatic nitrogens is 2. The van der Waals surface area contributed by atoms with Gasteiger partial charge >= 0.3 is 0 Å². The highest BCUT2D eigenvalue weighted by molar-refractivity contribution is 5.92. The second-order valence-electron chi connectivity index (χ2n) is 5.89.